The minimum Gasteiger partial charge on any atom is -0.332 e. The van der Waals surface area contributed by atoms with Gasteiger partial charge in [-0.05, 0) is 55.0 Å². The summed E-state index contributed by atoms with van der Waals surface area (Å²) in [6, 6.07) is 8.16. The molecule has 29 heavy (non-hydrogen) atoms. The van der Waals surface area contributed by atoms with Crippen LogP contribution >= 0.6 is 22.9 Å². The molecule has 0 bridgehead atoms. The summed E-state index contributed by atoms with van der Waals surface area (Å²) in [5.74, 6) is -0.695. The Morgan fingerprint density at radius 2 is 1.83 bits per heavy atom. The first kappa shape index (κ1) is 23.4. The number of alkyl halides is 1. The molecule has 2 amide bonds. The SMILES string of the molecule is CCCCN(CC(=O)N(Cc1ccc(F)cc1)Cc1sccc1C)C(=O)C(C)Cl. The van der Waals surface area contributed by atoms with E-state index in [-0.39, 0.29) is 24.2 Å². The highest BCUT2D eigenvalue weighted by atomic mass is 35.5. The van der Waals surface area contributed by atoms with E-state index in [9.17, 15) is 14.0 Å². The molecule has 158 valence electrons. The molecule has 1 unspecified atom stereocenters. The Bertz CT molecular complexity index is 807. The lowest BCUT2D eigenvalue weighted by molar-refractivity contribution is -0.141. The van der Waals surface area contributed by atoms with E-state index in [1.54, 1.807) is 40.2 Å². The summed E-state index contributed by atoms with van der Waals surface area (Å²) in [6.07, 6.45) is 1.73. The molecule has 0 fully saturated rings. The predicted octanol–water partition coefficient (Wildman–Crippen LogP) is 4.98. The normalized spacial score (nSPS) is 11.9. The summed E-state index contributed by atoms with van der Waals surface area (Å²) in [4.78, 5) is 30.0. The van der Waals surface area contributed by atoms with Crippen molar-refractivity contribution in [2.75, 3.05) is 13.1 Å². The third-order valence-corrected chi connectivity index (χ3v) is 5.90. The molecule has 0 spiro atoms. The van der Waals surface area contributed by atoms with E-state index in [2.05, 4.69) is 0 Å². The lowest BCUT2D eigenvalue weighted by Gasteiger charge is -2.28. The van der Waals surface area contributed by atoms with Crippen LogP contribution in [0.1, 0.15) is 42.7 Å². The summed E-state index contributed by atoms with van der Waals surface area (Å²) in [5, 5.41) is 1.32. The van der Waals surface area contributed by atoms with Crippen LogP contribution in [0.2, 0.25) is 0 Å². The summed E-state index contributed by atoms with van der Waals surface area (Å²) in [6.45, 7) is 6.96. The number of benzene rings is 1. The minimum atomic E-state index is -0.676. The van der Waals surface area contributed by atoms with Gasteiger partial charge in [-0.15, -0.1) is 22.9 Å². The number of carbonyl (C=O) groups is 2. The van der Waals surface area contributed by atoms with E-state index < -0.39 is 5.38 Å². The molecule has 0 aliphatic heterocycles. The highest BCUT2D eigenvalue weighted by molar-refractivity contribution is 7.10. The number of amides is 2. The fourth-order valence-electron chi connectivity index (χ4n) is 2.91. The van der Waals surface area contributed by atoms with Gasteiger partial charge in [0.15, 0.2) is 0 Å². The Morgan fingerprint density at radius 3 is 2.38 bits per heavy atom. The molecule has 2 aromatic rings. The van der Waals surface area contributed by atoms with Gasteiger partial charge in [-0.1, -0.05) is 25.5 Å². The second-order valence-corrected chi connectivity index (χ2v) is 8.79. The minimum absolute atomic E-state index is 0.0124. The van der Waals surface area contributed by atoms with Crippen molar-refractivity contribution < 1.29 is 14.0 Å². The summed E-state index contributed by atoms with van der Waals surface area (Å²) >= 11 is 7.59. The Kier molecular flexibility index (Phi) is 9.11. The van der Waals surface area contributed by atoms with Gasteiger partial charge in [0.1, 0.15) is 11.2 Å². The predicted molar refractivity (Wildman–Crippen MR) is 117 cm³/mol. The van der Waals surface area contributed by atoms with E-state index in [1.807, 2.05) is 25.3 Å². The number of carbonyl (C=O) groups excluding carboxylic acids is 2. The molecule has 7 heteroatoms. The van der Waals surface area contributed by atoms with Crippen molar-refractivity contribution in [3.63, 3.8) is 0 Å². The van der Waals surface area contributed by atoms with Crippen LogP contribution in [0.15, 0.2) is 35.7 Å². The lowest BCUT2D eigenvalue weighted by atomic mass is 10.2. The van der Waals surface area contributed by atoms with Gasteiger partial charge in [-0.3, -0.25) is 9.59 Å². The summed E-state index contributed by atoms with van der Waals surface area (Å²) in [5.41, 5.74) is 1.96. The zero-order valence-corrected chi connectivity index (χ0v) is 18.7. The molecule has 4 nitrogen and oxygen atoms in total. The molecular formula is C22H28ClFN2O2S. The molecule has 0 radical (unpaired) electrons. The maximum absolute atomic E-state index is 13.3. The summed E-state index contributed by atoms with van der Waals surface area (Å²) in [7, 11) is 0. The third kappa shape index (κ3) is 7.12. The van der Waals surface area contributed by atoms with E-state index >= 15 is 0 Å². The van der Waals surface area contributed by atoms with Gasteiger partial charge in [-0.2, -0.15) is 0 Å². The molecule has 1 heterocycles. The molecule has 1 aromatic heterocycles. The maximum Gasteiger partial charge on any atom is 0.242 e. The number of thiophene rings is 1. The van der Waals surface area contributed by atoms with Crippen molar-refractivity contribution >= 4 is 34.8 Å². The van der Waals surface area contributed by atoms with Gasteiger partial charge < -0.3 is 9.80 Å². The van der Waals surface area contributed by atoms with Crippen molar-refractivity contribution in [1.29, 1.82) is 0 Å². The Hall–Kier alpha value is -1.92. The van der Waals surface area contributed by atoms with Crippen molar-refractivity contribution in [3.05, 3.63) is 57.5 Å². The van der Waals surface area contributed by atoms with Crippen LogP contribution in [0.5, 0.6) is 0 Å². The maximum atomic E-state index is 13.3. The highest BCUT2D eigenvalue weighted by Gasteiger charge is 2.24. The fraction of sp³-hybridized carbons (Fsp3) is 0.455. The van der Waals surface area contributed by atoms with Crippen molar-refractivity contribution in [2.24, 2.45) is 0 Å². The van der Waals surface area contributed by atoms with Gasteiger partial charge in [-0.25, -0.2) is 4.39 Å². The Balaban J connectivity index is 2.20. The van der Waals surface area contributed by atoms with Crippen LogP contribution in [0.3, 0.4) is 0 Å². The van der Waals surface area contributed by atoms with Crippen LogP contribution in [0, 0.1) is 12.7 Å². The first-order chi connectivity index (χ1) is 13.8. The van der Waals surface area contributed by atoms with Crippen molar-refractivity contribution in [1.82, 2.24) is 9.80 Å². The van der Waals surface area contributed by atoms with E-state index in [0.717, 1.165) is 28.8 Å². The Morgan fingerprint density at radius 1 is 1.14 bits per heavy atom. The zero-order valence-electron chi connectivity index (χ0n) is 17.2. The molecule has 0 aliphatic carbocycles. The average molecular weight is 439 g/mol. The molecule has 2 rings (SSSR count). The molecule has 0 aliphatic rings. The number of hydrogen-bond donors (Lipinski definition) is 0. The second-order valence-electron chi connectivity index (χ2n) is 7.13. The van der Waals surface area contributed by atoms with E-state index in [4.69, 9.17) is 11.6 Å². The molecule has 0 saturated carbocycles. The number of unbranched alkanes of at least 4 members (excludes halogenated alkanes) is 1. The van der Waals surface area contributed by atoms with Crippen molar-refractivity contribution in [3.8, 4) is 0 Å². The molecule has 0 N–H and O–H groups in total. The van der Waals surface area contributed by atoms with E-state index in [1.165, 1.54) is 12.1 Å². The number of rotatable bonds is 10. The largest absolute Gasteiger partial charge is 0.332 e. The van der Waals surface area contributed by atoms with Gasteiger partial charge in [0.25, 0.3) is 0 Å². The number of hydrogen-bond acceptors (Lipinski definition) is 3. The monoisotopic (exact) mass is 438 g/mol. The Labute approximate surface area is 181 Å². The van der Waals surface area contributed by atoms with Gasteiger partial charge in [0.05, 0.1) is 13.1 Å². The molecule has 0 saturated heterocycles. The quantitative estimate of drug-likeness (QED) is 0.491. The standard InChI is InChI=1S/C22H28ClFN2O2S/c1-4-5-11-25(22(28)17(3)23)15-21(27)26(14-20-16(2)10-12-29-20)13-18-6-8-19(24)9-7-18/h6-10,12,17H,4-5,11,13-15H2,1-3H3. The van der Waals surface area contributed by atoms with Crippen LogP contribution in [-0.2, 0) is 22.7 Å². The number of aryl methyl sites for hydroxylation is 1. The molecular weight excluding hydrogens is 411 g/mol. The number of nitrogens with zero attached hydrogens (tertiary/aromatic N) is 2. The average Bonchev–Trinajstić information content (AvgIpc) is 3.10. The summed E-state index contributed by atoms with van der Waals surface area (Å²) < 4.78 is 13.3. The second kappa shape index (κ2) is 11.3. The van der Waals surface area contributed by atoms with Gasteiger partial charge >= 0.3 is 0 Å². The molecule has 1 aromatic carbocycles. The van der Waals surface area contributed by atoms with Crippen LogP contribution in [0.4, 0.5) is 4.39 Å². The van der Waals surface area contributed by atoms with Crippen LogP contribution < -0.4 is 0 Å². The van der Waals surface area contributed by atoms with E-state index in [0.29, 0.717) is 19.6 Å². The topological polar surface area (TPSA) is 40.6 Å². The number of halogens is 2. The third-order valence-electron chi connectivity index (χ3n) is 4.70. The van der Waals surface area contributed by atoms with Crippen molar-refractivity contribution in [2.45, 2.75) is 52.1 Å². The highest BCUT2D eigenvalue weighted by Crippen LogP contribution is 2.20. The lowest BCUT2D eigenvalue weighted by Crippen LogP contribution is -2.44. The first-order valence-corrected chi connectivity index (χ1v) is 11.1. The molecule has 1 atom stereocenters. The van der Waals surface area contributed by atoms with Gasteiger partial charge in [0, 0.05) is 18.0 Å². The zero-order chi connectivity index (χ0) is 21.4. The van der Waals surface area contributed by atoms with Gasteiger partial charge in [0.2, 0.25) is 11.8 Å². The van der Waals surface area contributed by atoms with Crippen LogP contribution in [0.25, 0.3) is 0 Å². The first-order valence-electron chi connectivity index (χ1n) is 9.79. The smallest absolute Gasteiger partial charge is 0.242 e. The van der Waals surface area contributed by atoms with Crippen LogP contribution in [-0.4, -0.2) is 40.1 Å². The fourth-order valence-corrected chi connectivity index (χ4v) is 3.97.